The first-order valence-corrected chi connectivity index (χ1v) is 3.56. The van der Waals surface area contributed by atoms with Crippen LogP contribution in [0.4, 0.5) is 0 Å². The van der Waals surface area contributed by atoms with Gasteiger partial charge in [0.25, 0.3) is 0 Å². The Bertz CT molecular complexity index is 45.1. The molecule has 0 heterocycles. The summed E-state index contributed by atoms with van der Waals surface area (Å²) >= 11 is 0. The van der Waals surface area contributed by atoms with Gasteiger partial charge in [0.1, 0.15) is 0 Å². The van der Waals surface area contributed by atoms with E-state index < -0.39 is 0 Å². The van der Waals surface area contributed by atoms with Crippen molar-refractivity contribution >= 4 is 0 Å². The van der Waals surface area contributed by atoms with Crippen molar-refractivity contribution in [1.29, 1.82) is 0 Å². The molecule has 0 rings (SSSR count). The zero-order chi connectivity index (χ0) is 6.24. The second-order valence-electron chi connectivity index (χ2n) is 2.05. The van der Waals surface area contributed by atoms with Crippen molar-refractivity contribution in [2.75, 3.05) is 0 Å². The average molecular weight is 128 g/mol. The Kier molecular flexibility index (Phi) is 13.7. The molecule has 0 aliphatic heterocycles. The van der Waals surface area contributed by atoms with Crippen LogP contribution in [0.25, 0.3) is 0 Å². The van der Waals surface area contributed by atoms with Crippen molar-refractivity contribution in [2.24, 2.45) is 0 Å². The third-order valence-corrected chi connectivity index (χ3v) is 1.08. The minimum absolute atomic E-state index is 0. The van der Waals surface area contributed by atoms with Gasteiger partial charge in [-0.3, -0.25) is 0 Å². The maximum absolute atomic E-state index is 2.27. The van der Waals surface area contributed by atoms with Crippen LogP contribution in [0.3, 0.4) is 0 Å². The fraction of sp³-hybridized carbons (Fsp3) is 0.778. The molecule has 0 fully saturated rings. The van der Waals surface area contributed by atoms with E-state index in [1.807, 2.05) is 0 Å². The van der Waals surface area contributed by atoms with Crippen molar-refractivity contribution in [2.45, 2.75) is 47.0 Å². The molecule has 0 atom stereocenters. The van der Waals surface area contributed by atoms with Gasteiger partial charge < -0.3 is 0 Å². The monoisotopic (exact) mass is 128 g/mol. The molecule has 0 amide bonds. The summed E-state index contributed by atoms with van der Waals surface area (Å²) in [6.07, 6.45) is 9.59. The van der Waals surface area contributed by atoms with Crippen LogP contribution in [-0.2, 0) is 0 Å². The van der Waals surface area contributed by atoms with E-state index in [0.717, 1.165) is 0 Å². The molecule has 0 aromatic rings. The SMILES string of the molecule is C.CCC/C=C/CCC. The van der Waals surface area contributed by atoms with Crippen LogP contribution >= 0.6 is 0 Å². The minimum Gasteiger partial charge on any atom is -0.0885 e. The molecule has 0 spiro atoms. The molecule has 9 heavy (non-hydrogen) atoms. The topological polar surface area (TPSA) is 0 Å². The summed E-state index contributed by atoms with van der Waals surface area (Å²) in [7, 11) is 0. The van der Waals surface area contributed by atoms with Gasteiger partial charge in [-0.2, -0.15) is 0 Å². The second-order valence-corrected chi connectivity index (χ2v) is 2.05. The van der Waals surface area contributed by atoms with Gasteiger partial charge in [0.05, 0.1) is 0 Å². The Labute approximate surface area is 60.0 Å². The molecule has 0 aromatic heterocycles. The molecule has 0 unspecified atom stereocenters. The summed E-state index contributed by atoms with van der Waals surface area (Å²) in [4.78, 5) is 0. The highest BCUT2D eigenvalue weighted by Crippen LogP contribution is 1.92. The lowest BCUT2D eigenvalue weighted by molar-refractivity contribution is 0.921. The Morgan fingerprint density at radius 2 is 1.22 bits per heavy atom. The maximum Gasteiger partial charge on any atom is -0.0353 e. The third-order valence-electron chi connectivity index (χ3n) is 1.08. The predicted octanol–water partition coefficient (Wildman–Crippen LogP) is 3.78. The summed E-state index contributed by atoms with van der Waals surface area (Å²) in [6.45, 7) is 4.41. The first-order chi connectivity index (χ1) is 3.91. The van der Waals surface area contributed by atoms with Crippen LogP contribution in [0.1, 0.15) is 47.0 Å². The van der Waals surface area contributed by atoms with Crippen molar-refractivity contribution in [3.63, 3.8) is 0 Å². The van der Waals surface area contributed by atoms with Crippen molar-refractivity contribution in [1.82, 2.24) is 0 Å². The van der Waals surface area contributed by atoms with E-state index >= 15 is 0 Å². The molecule has 0 saturated heterocycles. The summed E-state index contributed by atoms with van der Waals surface area (Å²) in [5, 5.41) is 0. The van der Waals surface area contributed by atoms with Gasteiger partial charge >= 0.3 is 0 Å². The zero-order valence-electron chi connectivity index (χ0n) is 5.98. The molecule has 0 aromatic carbocycles. The molecule has 0 saturated carbocycles. The van der Waals surface area contributed by atoms with Gasteiger partial charge in [-0.15, -0.1) is 0 Å². The van der Waals surface area contributed by atoms with Gasteiger partial charge in [0.15, 0.2) is 0 Å². The molecule has 56 valence electrons. The average Bonchev–Trinajstić information content (AvgIpc) is 1.81. The van der Waals surface area contributed by atoms with Crippen LogP contribution in [0.2, 0.25) is 0 Å². The van der Waals surface area contributed by atoms with Gasteiger partial charge in [0.2, 0.25) is 0 Å². The van der Waals surface area contributed by atoms with E-state index in [0.29, 0.717) is 0 Å². The van der Waals surface area contributed by atoms with Crippen LogP contribution in [0.15, 0.2) is 12.2 Å². The highest BCUT2D eigenvalue weighted by Gasteiger charge is 1.72. The Balaban J connectivity index is 0. The lowest BCUT2D eigenvalue weighted by Crippen LogP contribution is -1.62. The number of unbranched alkanes of at least 4 members (excludes halogenated alkanes) is 2. The van der Waals surface area contributed by atoms with Crippen molar-refractivity contribution < 1.29 is 0 Å². The Morgan fingerprint density at radius 3 is 1.44 bits per heavy atom. The molecule has 0 nitrogen and oxygen atoms in total. The smallest absolute Gasteiger partial charge is 0.0353 e. The van der Waals surface area contributed by atoms with Gasteiger partial charge in [-0.1, -0.05) is 46.3 Å². The summed E-state index contributed by atoms with van der Waals surface area (Å²) in [5.74, 6) is 0. The Hall–Kier alpha value is -0.260. The Morgan fingerprint density at radius 1 is 0.889 bits per heavy atom. The quantitative estimate of drug-likeness (QED) is 0.505. The largest absolute Gasteiger partial charge is 0.0885 e. The first-order valence-electron chi connectivity index (χ1n) is 3.56. The van der Waals surface area contributed by atoms with Crippen LogP contribution in [0.5, 0.6) is 0 Å². The standard InChI is InChI=1S/C8H16.CH4/c1-3-5-7-8-6-4-2;/h7-8H,3-6H2,1-2H3;1H4/b8-7+;. The highest BCUT2D eigenvalue weighted by atomic mass is 13.8. The van der Waals surface area contributed by atoms with E-state index in [-0.39, 0.29) is 7.43 Å². The predicted molar refractivity (Wildman–Crippen MR) is 45.7 cm³/mol. The van der Waals surface area contributed by atoms with Crippen LogP contribution in [-0.4, -0.2) is 0 Å². The molecule has 0 heteroatoms. The molecule has 0 bridgehead atoms. The number of hydrogen-bond acceptors (Lipinski definition) is 0. The maximum atomic E-state index is 2.27. The van der Waals surface area contributed by atoms with Gasteiger partial charge in [0, 0.05) is 0 Å². The normalized spacial score (nSPS) is 9.56. The second kappa shape index (κ2) is 10.7. The van der Waals surface area contributed by atoms with Gasteiger partial charge in [-0.25, -0.2) is 0 Å². The van der Waals surface area contributed by atoms with Crippen molar-refractivity contribution in [3.8, 4) is 0 Å². The third kappa shape index (κ3) is 11.4. The van der Waals surface area contributed by atoms with Gasteiger partial charge in [-0.05, 0) is 12.8 Å². The molecule has 0 aliphatic carbocycles. The summed E-state index contributed by atoms with van der Waals surface area (Å²) < 4.78 is 0. The lowest BCUT2D eigenvalue weighted by Gasteiger charge is -1.83. The molecule has 0 aliphatic rings. The molecule has 0 radical (unpaired) electrons. The first kappa shape index (κ1) is 11.5. The van der Waals surface area contributed by atoms with E-state index in [4.69, 9.17) is 0 Å². The van der Waals surface area contributed by atoms with Crippen LogP contribution < -0.4 is 0 Å². The summed E-state index contributed by atoms with van der Waals surface area (Å²) in [6, 6.07) is 0. The fourth-order valence-corrected chi connectivity index (χ4v) is 0.569. The lowest BCUT2D eigenvalue weighted by atomic mass is 10.2. The van der Waals surface area contributed by atoms with Crippen molar-refractivity contribution in [3.05, 3.63) is 12.2 Å². The van der Waals surface area contributed by atoms with Crippen LogP contribution in [0, 0.1) is 0 Å². The van der Waals surface area contributed by atoms with E-state index in [1.165, 1.54) is 25.7 Å². The summed E-state index contributed by atoms with van der Waals surface area (Å²) in [5.41, 5.74) is 0. The van der Waals surface area contributed by atoms with E-state index in [9.17, 15) is 0 Å². The zero-order valence-corrected chi connectivity index (χ0v) is 5.98. The number of rotatable bonds is 4. The van der Waals surface area contributed by atoms with E-state index in [1.54, 1.807) is 0 Å². The highest BCUT2D eigenvalue weighted by molar-refractivity contribution is 4.79. The van der Waals surface area contributed by atoms with E-state index in [2.05, 4.69) is 26.0 Å². The molecular formula is C9H20. The molecule has 0 N–H and O–H groups in total. The fourth-order valence-electron chi connectivity index (χ4n) is 0.569. The minimum atomic E-state index is 0. The number of allylic oxidation sites excluding steroid dienone is 2. The number of hydrogen-bond donors (Lipinski definition) is 0. The molecular weight excluding hydrogens is 108 g/mol.